The molecule has 0 unspecified atom stereocenters. The second-order valence-electron chi connectivity index (χ2n) is 7.25. The van der Waals surface area contributed by atoms with E-state index in [4.69, 9.17) is 4.74 Å². The molecule has 1 saturated carbocycles. The molecule has 1 aliphatic carbocycles. The van der Waals surface area contributed by atoms with Gasteiger partial charge in [0, 0.05) is 17.0 Å². The molecule has 0 radical (unpaired) electrons. The van der Waals surface area contributed by atoms with Crippen molar-refractivity contribution in [3.63, 3.8) is 0 Å². The first-order valence-corrected chi connectivity index (χ1v) is 8.22. The quantitative estimate of drug-likeness (QED) is 0.870. The Morgan fingerprint density at radius 3 is 2.67 bits per heavy atom. The average Bonchev–Trinajstić information content (AvgIpc) is 2.91. The molecular weight excluding hydrogens is 286 g/mol. The van der Waals surface area contributed by atoms with Gasteiger partial charge in [-0.3, -0.25) is 4.79 Å². The molecule has 1 aliphatic rings. The van der Waals surface area contributed by atoms with Gasteiger partial charge in [0.2, 0.25) is 0 Å². The van der Waals surface area contributed by atoms with E-state index < -0.39 is 5.60 Å². The number of hydrogen-bond acceptors (Lipinski definition) is 5. The van der Waals surface area contributed by atoms with Crippen LogP contribution in [0.5, 0.6) is 0 Å². The van der Waals surface area contributed by atoms with Gasteiger partial charge in [-0.25, -0.2) is 4.98 Å². The normalized spacial score (nSPS) is 31.4. The summed E-state index contributed by atoms with van der Waals surface area (Å²) >= 11 is 1.48. The lowest BCUT2D eigenvalue weighted by Gasteiger charge is -2.52. The summed E-state index contributed by atoms with van der Waals surface area (Å²) in [5.41, 5.74) is -1.50. The Morgan fingerprint density at radius 2 is 2.19 bits per heavy atom. The van der Waals surface area contributed by atoms with Crippen LogP contribution in [0.25, 0.3) is 0 Å². The van der Waals surface area contributed by atoms with Gasteiger partial charge in [0.25, 0.3) is 0 Å². The van der Waals surface area contributed by atoms with Gasteiger partial charge in [-0.15, -0.1) is 11.3 Å². The van der Waals surface area contributed by atoms with Gasteiger partial charge in [0.15, 0.2) is 0 Å². The molecule has 118 valence electrons. The summed E-state index contributed by atoms with van der Waals surface area (Å²) < 4.78 is 4.94. The van der Waals surface area contributed by atoms with E-state index in [2.05, 4.69) is 25.8 Å². The molecule has 0 aromatic carbocycles. The first-order valence-electron chi connectivity index (χ1n) is 7.34. The van der Waals surface area contributed by atoms with Gasteiger partial charge in [0.05, 0.1) is 13.0 Å². The van der Waals surface area contributed by atoms with Crippen LogP contribution in [0.2, 0.25) is 0 Å². The van der Waals surface area contributed by atoms with Crippen LogP contribution in [0.1, 0.15) is 52.0 Å². The zero-order valence-electron chi connectivity index (χ0n) is 13.5. The van der Waals surface area contributed by atoms with Crippen LogP contribution in [-0.2, 0) is 15.1 Å². The van der Waals surface area contributed by atoms with Gasteiger partial charge >= 0.3 is 5.97 Å². The smallest absolute Gasteiger partial charge is 0.309 e. The van der Waals surface area contributed by atoms with E-state index in [1.54, 1.807) is 6.20 Å². The third-order valence-electron chi connectivity index (χ3n) is 5.28. The average molecular weight is 311 g/mol. The largest absolute Gasteiger partial charge is 0.469 e. The second kappa shape index (κ2) is 5.36. The van der Waals surface area contributed by atoms with Crippen molar-refractivity contribution in [2.75, 3.05) is 7.11 Å². The van der Waals surface area contributed by atoms with Gasteiger partial charge in [0.1, 0.15) is 10.6 Å². The van der Waals surface area contributed by atoms with E-state index >= 15 is 0 Å². The molecule has 1 N–H and O–H groups in total. The highest BCUT2D eigenvalue weighted by atomic mass is 32.1. The minimum absolute atomic E-state index is 0.109. The molecule has 1 fully saturated rings. The van der Waals surface area contributed by atoms with Crippen LogP contribution < -0.4 is 0 Å². The van der Waals surface area contributed by atoms with Crippen molar-refractivity contribution in [3.8, 4) is 0 Å². The molecule has 0 amide bonds. The number of hydrogen-bond donors (Lipinski definition) is 1. The van der Waals surface area contributed by atoms with Crippen molar-refractivity contribution in [2.45, 2.75) is 52.6 Å². The van der Waals surface area contributed by atoms with E-state index in [1.165, 1.54) is 18.4 Å². The molecule has 0 aliphatic heterocycles. The van der Waals surface area contributed by atoms with E-state index in [1.807, 2.05) is 12.3 Å². The Morgan fingerprint density at radius 1 is 1.52 bits per heavy atom. The Labute approximate surface area is 130 Å². The molecule has 1 aromatic heterocycles. The maximum Gasteiger partial charge on any atom is 0.309 e. The first-order chi connectivity index (χ1) is 9.64. The lowest BCUT2D eigenvalue weighted by atomic mass is 9.54. The molecule has 21 heavy (non-hydrogen) atoms. The zero-order valence-corrected chi connectivity index (χ0v) is 14.3. The number of rotatable bonds is 3. The zero-order chi connectivity index (χ0) is 15.9. The van der Waals surface area contributed by atoms with E-state index in [0.29, 0.717) is 0 Å². The minimum atomic E-state index is -0.987. The topological polar surface area (TPSA) is 59.4 Å². The Kier molecular flexibility index (Phi) is 4.19. The highest BCUT2D eigenvalue weighted by Crippen LogP contribution is 2.57. The number of ether oxygens (including phenoxy) is 1. The molecule has 1 aromatic rings. The summed E-state index contributed by atoms with van der Waals surface area (Å²) in [6.07, 6.45) is 4.00. The van der Waals surface area contributed by atoms with Crippen LogP contribution in [0.15, 0.2) is 11.6 Å². The third-order valence-corrected chi connectivity index (χ3v) is 6.27. The third kappa shape index (κ3) is 2.73. The van der Waals surface area contributed by atoms with Crippen LogP contribution in [0, 0.1) is 16.7 Å². The number of carbonyl (C=O) groups excluding carboxylic acids is 1. The van der Waals surface area contributed by atoms with E-state index in [9.17, 15) is 9.90 Å². The fraction of sp³-hybridized carbons (Fsp3) is 0.750. The van der Waals surface area contributed by atoms with Crippen LogP contribution in [0.3, 0.4) is 0 Å². The standard InChI is InChI=1S/C16H25NO3S/c1-14(2)10-15(3,7-6-11(14)12(18)20-5)16(4,19)13-17-8-9-21-13/h8-9,11,19H,6-7,10H2,1-5H3/t11-,15+,16+/m1/s1. The number of carbonyl (C=O) groups is 1. The molecule has 1 heterocycles. The van der Waals surface area contributed by atoms with Crippen LogP contribution >= 0.6 is 11.3 Å². The molecule has 2 rings (SSSR count). The summed E-state index contributed by atoms with van der Waals surface area (Å²) in [5, 5.41) is 13.7. The monoisotopic (exact) mass is 311 g/mol. The molecule has 0 saturated heterocycles. The molecule has 0 spiro atoms. The van der Waals surface area contributed by atoms with Gasteiger partial charge in [-0.05, 0) is 31.6 Å². The van der Waals surface area contributed by atoms with Crippen LogP contribution in [0.4, 0.5) is 0 Å². The Hall–Kier alpha value is -0.940. The SMILES string of the molecule is COC(=O)[C@H]1CC[C@](C)([C@@](C)(O)c2nccs2)CC1(C)C. The minimum Gasteiger partial charge on any atom is -0.469 e. The lowest BCUT2D eigenvalue weighted by Crippen LogP contribution is -2.50. The molecule has 0 bridgehead atoms. The van der Waals surface area contributed by atoms with Crippen molar-refractivity contribution in [2.24, 2.45) is 16.7 Å². The molecule has 3 atom stereocenters. The highest BCUT2D eigenvalue weighted by Gasteiger charge is 2.54. The number of esters is 1. The molecule has 5 heteroatoms. The second-order valence-corrected chi connectivity index (χ2v) is 8.14. The maximum absolute atomic E-state index is 12.0. The van der Waals surface area contributed by atoms with Crippen molar-refractivity contribution < 1.29 is 14.6 Å². The predicted molar refractivity (Wildman–Crippen MR) is 82.9 cm³/mol. The summed E-state index contributed by atoms with van der Waals surface area (Å²) in [6.45, 7) is 8.12. The maximum atomic E-state index is 12.0. The lowest BCUT2D eigenvalue weighted by molar-refractivity contribution is -0.163. The Balaban J connectivity index is 2.29. The predicted octanol–water partition coefficient (Wildman–Crippen LogP) is 3.36. The van der Waals surface area contributed by atoms with Gasteiger partial charge in [-0.1, -0.05) is 20.8 Å². The van der Waals surface area contributed by atoms with Gasteiger partial charge < -0.3 is 9.84 Å². The molecular formula is C16H25NO3S. The summed E-state index contributed by atoms with van der Waals surface area (Å²) in [4.78, 5) is 16.3. The number of aromatic nitrogens is 1. The van der Waals surface area contributed by atoms with Crippen molar-refractivity contribution in [1.82, 2.24) is 4.98 Å². The first kappa shape index (κ1) is 16.4. The van der Waals surface area contributed by atoms with E-state index in [0.717, 1.165) is 24.3 Å². The summed E-state index contributed by atoms with van der Waals surface area (Å²) in [7, 11) is 1.44. The highest BCUT2D eigenvalue weighted by molar-refractivity contribution is 7.09. The van der Waals surface area contributed by atoms with Crippen molar-refractivity contribution >= 4 is 17.3 Å². The number of nitrogens with zero attached hydrogens (tertiary/aromatic N) is 1. The molecule has 4 nitrogen and oxygen atoms in total. The van der Waals surface area contributed by atoms with Crippen molar-refractivity contribution in [3.05, 3.63) is 16.6 Å². The van der Waals surface area contributed by atoms with Crippen molar-refractivity contribution in [1.29, 1.82) is 0 Å². The fourth-order valence-corrected chi connectivity index (χ4v) is 4.64. The fourth-order valence-electron chi connectivity index (χ4n) is 3.79. The number of thiazole rings is 1. The van der Waals surface area contributed by atoms with Gasteiger partial charge in [-0.2, -0.15) is 0 Å². The van der Waals surface area contributed by atoms with E-state index in [-0.39, 0.29) is 22.7 Å². The summed E-state index contributed by atoms with van der Waals surface area (Å²) in [5.74, 6) is -0.251. The number of aliphatic hydroxyl groups is 1. The summed E-state index contributed by atoms with van der Waals surface area (Å²) in [6, 6.07) is 0. The Bertz CT molecular complexity index is 510. The van der Waals surface area contributed by atoms with Crippen LogP contribution in [-0.4, -0.2) is 23.2 Å². The number of methoxy groups -OCH3 is 1.